The molecule has 0 radical (unpaired) electrons. The summed E-state index contributed by atoms with van der Waals surface area (Å²) in [5.41, 5.74) is 7.45. The van der Waals surface area contributed by atoms with Crippen molar-refractivity contribution in [3.05, 3.63) is 27.2 Å². The van der Waals surface area contributed by atoms with Gasteiger partial charge in [0.1, 0.15) is 0 Å². The van der Waals surface area contributed by atoms with E-state index in [1.54, 1.807) is 6.07 Å². The maximum atomic E-state index is 11.7. The van der Waals surface area contributed by atoms with Crippen LogP contribution in [0.5, 0.6) is 0 Å². The van der Waals surface area contributed by atoms with Gasteiger partial charge >= 0.3 is 6.03 Å². The normalized spacial score (nSPS) is 12.2. The van der Waals surface area contributed by atoms with Gasteiger partial charge in [-0.05, 0) is 51.8 Å². The second-order valence-electron chi connectivity index (χ2n) is 5.76. The van der Waals surface area contributed by atoms with E-state index in [1.165, 1.54) is 0 Å². The zero-order valence-corrected chi connectivity index (χ0v) is 14.3. The fraction of sp³-hybridized carbons (Fsp3) is 0.429. The molecule has 0 aliphatic heterocycles. The molecule has 0 fully saturated rings. The highest BCUT2D eigenvalue weighted by molar-refractivity contribution is 6.36. The van der Waals surface area contributed by atoms with Gasteiger partial charge in [-0.1, -0.05) is 23.2 Å². The van der Waals surface area contributed by atoms with Crippen molar-refractivity contribution >= 4 is 40.9 Å². The summed E-state index contributed by atoms with van der Waals surface area (Å²) in [6.07, 6.45) is 0. The van der Waals surface area contributed by atoms with Crippen molar-refractivity contribution in [3.8, 4) is 0 Å². The van der Waals surface area contributed by atoms with Gasteiger partial charge in [0.2, 0.25) is 5.96 Å². The first-order valence-electron chi connectivity index (χ1n) is 6.40. The average Bonchev–Trinajstić information content (AvgIpc) is 2.29. The van der Waals surface area contributed by atoms with E-state index >= 15 is 0 Å². The summed E-state index contributed by atoms with van der Waals surface area (Å²) in [5.74, 6) is -0.0266. The molecule has 1 aromatic carbocycles. The molecule has 0 bridgehead atoms. The molecule has 0 spiro atoms. The summed E-state index contributed by atoms with van der Waals surface area (Å²) >= 11 is 12.1. The lowest BCUT2D eigenvalue weighted by molar-refractivity contribution is 0.236. The largest absolute Gasteiger partial charge is 0.369 e. The third-order valence-electron chi connectivity index (χ3n) is 2.64. The highest BCUT2D eigenvalue weighted by atomic mass is 35.5. The van der Waals surface area contributed by atoms with Crippen molar-refractivity contribution in [1.82, 2.24) is 10.6 Å². The van der Waals surface area contributed by atoms with E-state index in [4.69, 9.17) is 28.9 Å². The first kappa shape index (κ1) is 17.6. The SMILES string of the molecule is Cc1c(Cl)cc(Cl)c(C)c1N=C(N)NC(=O)NC(C)(C)C. The number of hydrogen-bond acceptors (Lipinski definition) is 2. The fourth-order valence-electron chi connectivity index (χ4n) is 1.64. The van der Waals surface area contributed by atoms with Gasteiger partial charge < -0.3 is 11.1 Å². The zero-order valence-electron chi connectivity index (χ0n) is 12.8. The fourth-order valence-corrected chi connectivity index (χ4v) is 2.09. The molecule has 0 aliphatic carbocycles. The molecule has 1 rings (SSSR count). The van der Waals surface area contributed by atoms with E-state index in [0.717, 1.165) is 11.1 Å². The Morgan fingerprint density at radius 3 is 2.10 bits per heavy atom. The number of nitrogens with one attached hydrogen (secondary N) is 2. The number of aliphatic imine (C=N–C) groups is 1. The van der Waals surface area contributed by atoms with Gasteiger partial charge in [0.05, 0.1) is 5.69 Å². The Bertz CT molecular complexity index is 565. The summed E-state index contributed by atoms with van der Waals surface area (Å²) in [7, 11) is 0. The van der Waals surface area contributed by atoms with Crippen molar-refractivity contribution in [1.29, 1.82) is 0 Å². The Labute approximate surface area is 134 Å². The Hall–Kier alpha value is -1.46. The number of carbonyl (C=O) groups is 1. The highest BCUT2D eigenvalue weighted by Crippen LogP contribution is 2.34. The molecule has 1 aromatic rings. The molecule has 0 heterocycles. The molecule has 0 unspecified atom stereocenters. The number of nitrogens with zero attached hydrogens (tertiary/aromatic N) is 1. The minimum absolute atomic E-state index is 0.0266. The minimum atomic E-state index is -0.424. The van der Waals surface area contributed by atoms with Crippen LogP contribution in [0.3, 0.4) is 0 Å². The van der Waals surface area contributed by atoms with E-state index in [0.29, 0.717) is 15.7 Å². The third-order valence-corrected chi connectivity index (χ3v) is 3.43. The maximum absolute atomic E-state index is 11.7. The predicted molar refractivity (Wildman–Crippen MR) is 88.6 cm³/mol. The van der Waals surface area contributed by atoms with Crippen LogP contribution in [0.4, 0.5) is 10.5 Å². The summed E-state index contributed by atoms with van der Waals surface area (Å²) in [6, 6.07) is 1.23. The van der Waals surface area contributed by atoms with Crippen molar-refractivity contribution in [2.24, 2.45) is 10.7 Å². The molecule has 116 valence electrons. The van der Waals surface area contributed by atoms with Crippen LogP contribution in [0.2, 0.25) is 10.0 Å². The quantitative estimate of drug-likeness (QED) is 0.542. The molecule has 7 heteroatoms. The van der Waals surface area contributed by atoms with Gasteiger partial charge in [-0.3, -0.25) is 5.32 Å². The van der Waals surface area contributed by atoms with Crippen molar-refractivity contribution < 1.29 is 4.79 Å². The van der Waals surface area contributed by atoms with Gasteiger partial charge in [-0.2, -0.15) is 0 Å². The molecule has 0 aromatic heterocycles. The topological polar surface area (TPSA) is 79.5 Å². The number of halogens is 2. The second kappa shape index (κ2) is 6.54. The van der Waals surface area contributed by atoms with Crippen LogP contribution in [-0.2, 0) is 0 Å². The number of guanidine groups is 1. The molecule has 4 N–H and O–H groups in total. The van der Waals surface area contributed by atoms with Crippen LogP contribution >= 0.6 is 23.2 Å². The lowest BCUT2D eigenvalue weighted by Gasteiger charge is -2.20. The summed E-state index contributed by atoms with van der Waals surface area (Å²) in [4.78, 5) is 15.9. The van der Waals surface area contributed by atoms with Crippen LogP contribution in [-0.4, -0.2) is 17.5 Å². The van der Waals surface area contributed by atoms with E-state index in [2.05, 4.69) is 15.6 Å². The van der Waals surface area contributed by atoms with Gasteiger partial charge in [-0.25, -0.2) is 9.79 Å². The summed E-state index contributed by atoms with van der Waals surface area (Å²) in [6.45, 7) is 9.22. The van der Waals surface area contributed by atoms with Crippen LogP contribution in [0.15, 0.2) is 11.1 Å². The van der Waals surface area contributed by atoms with E-state index in [1.807, 2.05) is 34.6 Å². The zero-order chi connectivity index (χ0) is 16.4. The summed E-state index contributed by atoms with van der Waals surface area (Å²) in [5, 5.41) is 6.19. The summed E-state index contributed by atoms with van der Waals surface area (Å²) < 4.78 is 0. The Morgan fingerprint density at radius 2 is 1.67 bits per heavy atom. The number of carbonyl (C=O) groups excluding carboxylic acids is 1. The number of amides is 2. The molecule has 0 aliphatic rings. The molecule has 2 amide bonds. The highest BCUT2D eigenvalue weighted by Gasteiger charge is 2.15. The second-order valence-corrected chi connectivity index (χ2v) is 6.58. The van der Waals surface area contributed by atoms with Crippen LogP contribution in [0, 0.1) is 13.8 Å². The van der Waals surface area contributed by atoms with Crippen molar-refractivity contribution in [2.75, 3.05) is 0 Å². The van der Waals surface area contributed by atoms with Crippen LogP contribution < -0.4 is 16.4 Å². The molecule has 0 saturated heterocycles. The molecule has 21 heavy (non-hydrogen) atoms. The minimum Gasteiger partial charge on any atom is -0.369 e. The first-order valence-corrected chi connectivity index (χ1v) is 7.15. The maximum Gasteiger partial charge on any atom is 0.321 e. The Morgan fingerprint density at radius 1 is 1.19 bits per heavy atom. The number of nitrogens with two attached hydrogens (primary N) is 1. The van der Waals surface area contributed by atoms with Crippen LogP contribution in [0.1, 0.15) is 31.9 Å². The van der Waals surface area contributed by atoms with Crippen molar-refractivity contribution in [2.45, 2.75) is 40.2 Å². The van der Waals surface area contributed by atoms with Gasteiger partial charge in [0.25, 0.3) is 0 Å². The standard InChI is InChI=1S/C14H20Cl2N4O/c1-7-9(15)6-10(16)8(2)11(7)18-12(17)19-13(21)20-14(3,4)5/h6H,1-5H3,(H4,17,18,19,20,21). The van der Waals surface area contributed by atoms with Gasteiger partial charge in [0.15, 0.2) is 0 Å². The molecule has 5 nitrogen and oxygen atoms in total. The van der Waals surface area contributed by atoms with Crippen LogP contribution in [0.25, 0.3) is 0 Å². The smallest absolute Gasteiger partial charge is 0.321 e. The number of benzene rings is 1. The Kier molecular flexibility index (Phi) is 5.48. The number of hydrogen-bond donors (Lipinski definition) is 3. The average molecular weight is 331 g/mol. The number of rotatable bonds is 1. The lowest BCUT2D eigenvalue weighted by atomic mass is 10.1. The molecule has 0 atom stereocenters. The molecule has 0 saturated carbocycles. The van der Waals surface area contributed by atoms with E-state index in [9.17, 15) is 4.79 Å². The van der Waals surface area contributed by atoms with Gasteiger partial charge in [0, 0.05) is 15.6 Å². The van der Waals surface area contributed by atoms with E-state index < -0.39 is 6.03 Å². The van der Waals surface area contributed by atoms with Crippen molar-refractivity contribution in [3.63, 3.8) is 0 Å². The van der Waals surface area contributed by atoms with Gasteiger partial charge in [-0.15, -0.1) is 0 Å². The third kappa shape index (κ3) is 5.10. The first-order chi connectivity index (χ1) is 9.51. The monoisotopic (exact) mass is 330 g/mol. The predicted octanol–water partition coefficient (Wildman–Crippen LogP) is 3.65. The lowest BCUT2D eigenvalue weighted by Crippen LogP contribution is -2.50. The molecular formula is C14H20Cl2N4O. The van der Waals surface area contributed by atoms with E-state index in [-0.39, 0.29) is 11.5 Å². The number of urea groups is 1. The molecular weight excluding hydrogens is 311 g/mol. The Balaban J connectivity index is 3.01.